The van der Waals surface area contributed by atoms with Gasteiger partial charge in [0.25, 0.3) is 0 Å². The number of benzene rings is 2. The molecule has 5 heteroatoms. The lowest BCUT2D eigenvalue weighted by molar-refractivity contribution is -0.137. The molecule has 0 N–H and O–H groups in total. The minimum atomic E-state index is -4.31. The van der Waals surface area contributed by atoms with Crippen LogP contribution < -0.4 is 4.74 Å². The maximum absolute atomic E-state index is 12.7. The van der Waals surface area contributed by atoms with Crippen molar-refractivity contribution in [1.29, 1.82) is 0 Å². The number of hydrogen-bond donors (Lipinski definition) is 0. The Morgan fingerprint density at radius 1 is 1.13 bits per heavy atom. The molecule has 0 saturated carbocycles. The number of ether oxygens (including phenoxy) is 1. The van der Waals surface area contributed by atoms with Crippen LogP contribution in [0.25, 0.3) is 0 Å². The normalized spacial score (nSPS) is 17.7. The zero-order valence-electron chi connectivity index (χ0n) is 12.6. The van der Waals surface area contributed by atoms with Crippen molar-refractivity contribution in [3.05, 3.63) is 63.7 Å². The van der Waals surface area contributed by atoms with Gasteiger partial charge in [0, 0.05) is 5.92 Å². The molecule has 2 aromatic carbocycles. The Kier molecular flexibility index (Phi) is 4.28. The van der Waals surface area contributed by atoms with Crippen LogP contribution in [0.1, 0.15) is 41.0 Å². The topological polar surface area (TPSA) is 9.23 Å². The molecule has 1 nitrogen and oxygen atoms in total. The van der Waals surface area contributed by atoms with Gasteiger partial charge in [0.05, 0.1) is 17.7 Å². The highest BCUT2D eigenvalue weighted by Crippen LogP contribution is 2.41. The van der Waals surface area contributed by atoms with Crippen LogP contribution in [0.2, 0.25) is 5.02 Å². The molecule has 1 unspecified atom stereocenters. The molecule has 0 heterocycles. The van der Waals surface area contributed by atoms with Crippen LogP contribution in [0.15, 0.2) is 36.4 Å². The highest BCUT2D eigenvalue weighted by atomic mass is 35.5. The summed E-state index contributed by atoms with van der Waals surface area (Å²) >= 11 is 6.18. The van der Waals surface area contributed by atoms with Crippen LogP contribution in [0, 0.1) is 0 Å². The van der Waals surface area contributed by atoms with Crippen molar-refractivity contribution in [2.24, 2.45) is 0 Å². The van der Waals surface area contributed by atoms with Crippen molar-refractivity contribution in [3.63, 3.8) is 0 Å². The first-order valence-electron chi connectivity index (χ1n) is 7.43. The van der Waals surface area contributed by atoms with E-state index in [1.54, 1.807) is 19.2 Å². The van der Waals surface area contributed by atoms with E-state index in [2.05, 4.69) is 0 Å². The summed E-state index contributed by atoms with van der Waals surface area (Å²) in [6.45, 7) is 0. The van der Waals surface area contributed by atoms with Gasteiger partial charge in [-0.3, -0.25) is 0 Å². The smallest absolute Gasteiger partial charge is 0.416 e. The lowest BCUT2D eigenvalue weighted by atomic mass is 9.78. The van der Waals surface area contributed by atoms with E-state index in [1.165, 1.54) is 0 Å². The summed E-state index contributed by atoms with van der Waals surface area (Å²) < 4.78 is 43.4. The fourth-order valence-corrected chi connectivity index (χ4v) is 3.47. The molecule has 1 atom stereocenters. The predicted octanol–water partition coefficient (Wildman–Crippen LogP) is 5.84. The monoisotopic (exact) mass is 340 g/mol. The lowest BCUT2D eigenvalue weighted by Crippen LogP contribution is -2.12. The summed E-state index contributed by atoms with van der Waals surface area (Å²) in [7, 11) is 1.56. The number of fused-ring (bicyclic) bond motifs is 1. The van der Waals surface area contributed by atoms with Crippen LogP contribution in [-0.4, -0.2) is 7.11 Å². The maximum Gasteiger partial charge on any atom is 0.416 e. The third kappa shape index (κ3) is 3.18. The molecule has 2 aromatic rings. The Hall–Kier alpha value is -1.68. The molecular formula is C18H16ClF3O. The minimum Gasteiger partial charge on any atom is -0.495 e. The molecule has 1 aliphatic rings. The van der Waals surface area contributed by atoms with E-state index in [9.17, 15) is 13.2 Å². The molecule has 1 aliphatic carbocycles. The van der Waals surface area contributed by atoms with Gasteiger partial charge in [0.15, 0.2) is 0 Å². The van der Waals surface area contributed by atoms with Gasteiger partial charge < -0.3 is 4.74 Å². The molecule has 23 heavy (non-hydrogen) atoms. The summed E-state index contributed by atoms with van der Waals surface area (Å²) in [5.41, 5.74) is 2.51. The molecule has 0 aliphatic heterocycles. The third-order valence-corrected chi connectivity index (χ3v) is 4.66. The number of alkyl halides is 3. The molecule has 0 amide bonds. The fourth-order valence-electron chi connectivity index (χ4n) is 3.21. The van der Waals surface area contributed by atoms with E-state index >= 15 is 0 Å². The van der Waals surface area contributed by atoms with Crippen LogP contribution in [0.3, 0.4) is 0 Å². The van der Waals surface area contributed by atoms with Crippen LogP contribution in [0.5, 0.6) is 5.75 Å². The van der Waals surface area contributed by atoms with Gasteiger partial charge in [-0.05, 0) is 60.2 Å². The molecule has 0 saturated heterocycles. The highest BCUT2D eigenvalue weighted by molar-refractivity contribution is 6.32. The Labute approximate surface area is 138 Å². The predicted molar refractivity (Wildman–Crippen MR) is 84.2 cm³/mol. The molecule has 3 rings (SSSR count). The van der Waals surface area contributed by atoms with E-state index in [0.717, 1.165) is 48.1 Å². The van der Waals surface area contributed by atoms with Crippen molar-refractivity contribution >= 4 is 11.6 Å². The average molecular weight is 341 g/mol. The van der Waals surface area contributed by atoms with Gasteiger partial charge in [-0.2, -0.15) is 13.2 Å². The first-order chi connectivity index (χ1) is 10.9. The van der Waals surface area contributed by atoms with Crippen LogP contribution in [0.4, 0.5) is 13.2 Å². The van der Waals surface area contributed by atoms with Crippen molar-refractivity contribution in [3.8, 4) is 5.75 Å². The summed E-state index contributed by atoms with van der Waals surface area (Å²) in [5.74, 6) is 0.677. The SMILES string of the molecule is COc1cc2c(cc1Cl)CCCC2c1ccc(C(F)(F)F)cc1. The van der Waals surface area contributed by atoms with Crippen molar-refractivity contribution < 1.29 is 17.9 Å². The van der Waals surface area contributed by atoms with Gasteiger partial charge >= 0.3 is 6.18 Å². The average Bonchev–Trinajstić information content (AvgIpc) is 2.53. The summed E-state index contributed by atoms with van der Waals surface area (Å²) in [6.07, 6.45) is -1.49. The summed E-state index contributed by atoms with van der Waals surface area (Å²) in [5, 5.41) is 0.569. The second-order valence-electron chi connectivity index (χ2n) is 5.75. The summed E-state index contributed by atoms with van der Waals surface area (Å²) in [6, 6.07) is 9.27. The minimum absolute atomic E-state index is 0.0761. The molecule has 0 aromatic heterocycles. The molecule has 0 spiro atoms. The van der Waals surface area contributed by atoms with Crippen molar-refractivity contribution in [2.45, 2.75) is 31.4 Å². The number of aryl methyl sites for hydroxylation is 1. The molecule has 0 fully saturated rings. The number of methoxy groups -OCH3 is 1. The van der Waals surface area contributed by atoms with Crippen LogP contribution in [-0.2, 0) is 12.6 Å². The molecule has 122 valence electrons. The zero-order valence-corrected chi connectivity index (χ0v) is 13.3. The molecule has 0 radical (unpaired) electrons. The lowest BCUT2D eigenvalue weighted by Gasteiger charge is -2.27. The number of hydrogen-bond acceptors (Lipinski definition) is 1. The van der Waals surface area contributed by atoms with Gasteiger partial charge in [0.2, 0.25) is 0 Å². The maximum atomic E-state index is 12.7. The number of halogens is 4. The second kappa shape index (κ2) is 6.08. The molecular weight excluding hydrogens is 325 g/mol. The Morgan fingerprint density at radius 2 is 1.83 bits per heavy atom. The zero-order chi connectivity index (χ0) is 16.6. The van der Waals surface area contributed by atoms with Gasteiger partial charge in [0.1, 0.15) is 5.75 Å². The van der Waals surface area contributed by atoms with Gasteiger partial charge in [-0.25, -0.2) is 0 Å². The fraction of sp³-hybridized carbons (Fsp3) is 0.333. The first kappa shape index (κ1) is 16.2. The van der Waals surface area contributed by atoms with Crippen LogP contribution >= 0.6 is 11.6 Å². The van der Waals surface area contributed by atoms with E-state index in [4.69, 9.17) is 16.3 Å². The summed E-state index contributed by atoms with van der Waals surface area (Å²) in [4.78, 5) is 0. The quantitative estimate of drug-likeness (QED) is 0.667. The third-order valence-electron chi connectivity index (χ3n) is 4.37. The van der Waals surface area contributed by atoms with E-state index in [1.807, 2.05) is 12.1 Å². The van der Waals surface area contributed by atoms with E-state index in [0.29, 0.717) is 10.8 Å². The Bertz CT molecular complexity index is 707. The van der Waals surface area contributed by atoms with Gasteiger partial charge in [-0.15, -0.1) is 0 Å². The second-order valence-corrected chi connectivity index (χ2v) is 6.16. The first-order valence-corrected chi connectivity index (χ1v) is 7.81. The Balaban J connectivity index is 2.00. The van der Waals surface area contributed by atoms with Crippen molar-refractivity contribution in [1.82, 2.24) is 0 Å². The molecule has 0 bridgehead atoms. The standard InChI is InChI=1S/C18H16ClF3O/c1-23-17-10-15-12(9-16(17)19)3-2-4-14(15)11-5-7-13(8-6-11)18(20,21)22/h5-10,14H,2-4H2,1H3. The highest BCUT2D eigenvalue weighted by Gasteiger charge is 2.31. The van der Waals surface area contributed by atoms with E-state index in [-0.39, 0.29) is 5.92 Å². The van der Waals surface area contributed by atoms with Crippen molar-refractivity contribution in [2.75, 3.05) is 7.11 Å². The van der Waals surface area contributed by atoms with Gasteiger partial charge in [-0.1, -0.05) is 23.7 Å². The Morgan fingerprint density at radius 3 is 2.43 bits per heavy atom. The number of rotatable bonds is 2. The largest absolute Gasteiger partial charge is 0.495 e. The van der Waals surface area contributed by atoms with E-state index < -0.39 is 11.7 Å².